The zero-order valence-corrected chi connectivity index (χ0v) is 18.2. The lowest BCUT2D eigenvalue weighted by Crippen LogP contribution is -2.46. The van der Waals surface area contributed by atoms with E-state index in [0.717, 1.165) is 37.4 Å². The third-order valence-corrected chi connectivity index (χ3v) is 5.93. The lowest BCUT2D eigenvalue weighted by molar-refractivity contribution is 0.0959. The Morgan fingerprint density at radius 1 is 1.09 bits per heavy atom. The Bertz CT molecular complexity index is 1270. The second kappa shape index (κ2) is 8.96. The first-order valence-corrected chi connectivity index (χ1v) is 10.7. The molecule has 0 radical (unpaired) electrons. The molecular weight excluding hydrogens is 413 g/mol. The van der Waals surface area contributed by atoms with Crippen molar-refractivity contribution in [2.45, 2.75) is 20.0 Å². The van der Waals surface area contributed by atoms with Gasteiger partial charge in [-0.05, 0) is 42.8 Å². The molecule has 9 heteroatoms. The molecule has 1 amide bonds. The first-order chi connectivity index (χ1) is 15.4. The van der Waals surface area contributed by atoms with E-state index < -0.39 is 17.4 Å². The van der Waals surface area contributed by atoms with Crippen LogP contribution in [0.4, 0.5) is 10.1 Å². The van der Waals surface area contributed by atoms with Crippen molar-refractivity contribution in [3.8, 4) is 0 Å². The predicted molar refractivity (Wildman–Crippen MR) is 122 cm³/mol. The summed E-state index contributed by atoms with van der Waals surface area (Å²) < 4.78 is 15.5. The van der Waals surface area contributed by atoms with Gasteiger partial charge in [-0.2, -0.15) is 0 Å². The number of aromatic nitrogens is 2. The Morgan fingerprint density at radius 2 is 1.84 bits per heavy atom. The molecule has 3 aromatic rings. The van der Waals surface area contributed by atoms with Crippen LogP contribution in [-0.4, -0.2) is 53.6 Å². The molecule has 2 heterocycles. The number of halogens is 1. The summed E-state index contributed by atoms with van der Waals surface area (Å²) in [6.45, 7) is 5.80. The van der Waals surface area contributed by atoms with E-state index in [1.54, 1.807) is 19.1 Å². The second-order valence-corrected chi connectivity index (χ2v) is 7.87. The van der Waals surface area contributed by atoms with Crippen LogP contribution in [0.5, 0.6) is 0 Å². The third-order valence-electron chi connectivity index (χ3n) is 5.93. The Balaban J connectivity index is 1.43. The van der Waals surface area contributed by atoms with Gasteiger partial charge in [0.1, 0.15) is 5.82 Å². The maximum atomic E-state index is 14.3. The molecule has 1 aliphatic heterocycles. The summed E-state index contributed by atoms with van der Waals surface area (Å²) in [5.41, 5.74) is 1.68. The Kier molecular flexibility index (Phi) is 6.09. The van der Waals surface area contributed by atoms with Crippen molar-refractivity contribution < 1.29 is 9.18 Å². The highest BCUT2D eigenvalue weighted by Gasteiger charge is 2.20. The molecule has 0 spiro atoms. The molecule has 1 fully saturated rings. The molecule has 0 unspecified atom stereocenters. The minimum atomic E-state index is -0.531. The van der Waals surface area contributed by atoms with Crippen LogP contribution in [0.2, 0.25) is 0 Å². The van der Waals surface area contributed by atoms with Crippen LogP contribution in [0.15, 0.2) is 46.0 Å². The molecule has 1 aromatic heterocycles. The van der Waals surface area contributed by atoms with Crippen LogP contribution in [0.25, 0.3) is 10.9 Å². The van der Waals surface area contributed by atoms with Gasteiger partial charge < -0.3 is 15.2 Å². The van der Waals surface area contributed by atoms with E-state index in [2.05, 4.69) is 20.1 Å². The summed E-state index contributed by atoms with van der Waals surface area (Å²) >= 11 is 0. The van der Waals surface area contributed by atoms with E-state index >= 15 is 0 Å². The molecule has 0 bridgehead atoms. The number of fused-ring (bicyclic) bond motifs is 1. The average Bonchev–Trinajstić information content (AvgIpc) is 2.79. The molecule has 0 atom stereocenters. The van der Waals surface area contributed by atoms with Crippen LogP contribution in [0, 0.1) is 5.82 Å². The first-order valence-electron chi connectivity index (χ1n) is 10.7. The van der Waals surface area contributed by atoms with E-state index in [-0.39, 0.29) is 11.1 Å². The van der Waals surface area contributed by atoms with Gasteiger partial charge in [-0.15, -0.1) is 0 Å². The van der Waals surface area contributed by atoms with Crippen molar-refractivity contribution >= 4 is 22.5 Å². The Labute approximate surface area is 184 Å². The quantitative estimate of drug-likeness (QED) is 0.629. The third kappa shape index (κ3) is 4.16. The fourth-order valence-corrected chi connectivity index (χ4v) is 4.13. The number of H-pyrrole nitrogens is 1. The lowest BCUT2D eigenvalue weighted by Gasteiger charge is -2.36. The molecular formula is C23H26FN5O3. The SMILES string of the molecule is CCn1c(=O)[nH]c2cc(CN3CCN(c4ccc(C(=O)NC)c(F)c4)CC3)ccc2c1=O. The second-order valence-electron chi connectivity index (χ2n) is 7.87. The number of nitrogens with one attached hydrogen (secondary N) is 2. The number of carbonyl (C=O) groups excluding carboxylic acids is 1. The fourth-order valence-electron chi connectivity index (χ4n) is 4.13. The molecule has 168 valence electrons. The first kappa shape index (κ1) is 21.8. The Morgan fingerprint density at radius 3 is 2.50 bits per heavy atom. The zero-order chi connectivity index (χ0) is 22.8. The van der Waals surface area contributed by atoms with Crippen molar-refractivity contribution in [3.63, 3.8) is 0 Å². The summed E-state index contributed by atoms with van der Waals surface area (Å²) in [4.78, 5) is 43.4. The lowest BCUT2D eigenvalue weighted by atomic mass is 10.1. The summed E-state index contributed by atoms with van der Waals surface area (Å²) in [5, 5.41) is 2.94. The molecule has 2 aromatic carbocycles. The molecule has 1 saturated heterocycles. The highest BCUT2D eigenvalue weighted by Crippen LogP contribution is 2.21. The van der Waals surface area contributed by atoms with Gasteiger partial charge in [0.05, 0.1) is 16.5 Å². The van der Waals surface area contributed by atoms with Gasteiger partial charge in [-0.25, -0.2) is 9.18 Å². The maximum Gasteiger partial charge on any atom is 0.328 e. The topological polar surface area (TPSA) is 90.4 Å². The van der Waals surface area contributed by atoms with Crippen molar-refractivity contribution in [3.05, 3.63) is 74.2 Å². The fraction of sp³-hybridized carbons (Fsp3) is 0.348. The van der Waals surface area contributed by atoms with Crippen LogP contribution >= 0.6 is 0 Å². The summed E-state index contributed by atoms with van der Waals surface area (Å²) in [7, 11) is 1.48. The molecule has 0 saturated carbocycles. The van der Waals surface area contributed by atoms with Crippen LogP contribution in [0.1, 0.15) is 22.8 Å². The monoisotopic (exact) mass is 439 g/mol. The number of piperazine rings is 1. The average molecular weight is 439 g/mol. The van der Waals surface area contributed by atoms with E-state index in [1.165, 1.54) is 23.7 Å². The maximum absolute atomic E-state index is 14.3. The number of carbonyl (C=O) groups is 1. The number of hydrogen-bond donors (Lipinski definition) is 2. The van der Waals surface area contributed by atoms with Crippen LogP contribution in [0.3, 0.4) is 0 Å². The van der Waals surface area contributed by atoms with E-state index in [1.807, 2.05) is 12.1 Å². The standard InChI is InChI=1S/C23H26FN5O3/c1-3-29-22(31)18-6-4-15(12-20(18)26-23(29)32)14-27-8-10-28(11-9-27)16-5-7-17(19(24)13-16)21(30)25-2/h4-7,12-13H,3,8-11,14H2,1-2H3,(H,25,30)(H,26,32). The van der Waals surface area contributed by atoms with Crippen molar-refractivity contribution in [2.75, 3.05) is 38.1 Å². The van der Waals surface area contributed by atoms with Gasteiger partial charge in [0.25, 0.3) is 11.5 Å². The van der Waals surface area contributed by atoms with Gasteiger partial charge >= 0.3 is 5.69 Å². The molecule has 1 aliphatic rings. The Hall–Kier alpha value is -3.46. The molecule has 4 rings (SSSR count). The number of amides is 1. The summed E-state index contributed by atoms with van der Waals surface area (Å²) in [6, 6.07) is 10.2. The number of aromatic amines is 1. The van der Waals surface area contributed by atoms with Crippen molar-refractivity contribution in [1.82, 2.24) is 19.8 Å². The molecule has 2 N–H and O–H groups in total. The largest absolute Gasteiger partial charge is 0.369 e. The van der Waals surface area contributed by atoms with Crippen molar-refractivity contribution in [2.24, 2.45) is 0 Å². The normalized spacial score (nSPS) is 14.7. The molecule has 8 nitrogen and oxygen atoms in total. The van der Waals surface area contributed by atoms with Gasteiger partial charge in [-0.3, -0.25) is 19.1 Å². The number of hydrogen-bond acceptors (Lipinski definition) is 5. The van der Waals surface area contributed by atoms with Gasteiger partial charge in [0.15, 0.2) is 0 Å². The minimum Gasteiger partial charge on any atom is -0.369 e. The smallest absolute Gasteiger partial charge is 0.328 e. The van der Waals surface area contributed by atoms with E-state index in [9.17, 15) is 18.8 Å². The minimum absolute atomic E-state index is 0.0370. The van der Waals surface area contributed by atoms with Gasteiger partial charge in [-0.1, -0.05) is 6.07 Å². The molecule has 0 aliphatic carbocycles. The van der Waals surface area contributed by atoms with Crippen LogP contribution in [-0.2, 0) is 13.1 Å². The number of anilines is 1. The van der Waals surface area contributed by atoms with E-state index in [4.69, 9.17) is 0 Å². The highest BCUT2D eigenvalue weighted by atomic mass is 19.1. The van der Waals surface area contributed by atoms with E-state index in [0.29, 0.717) is 24.0 Å². The number of benzene rings is 2. The van der Waals surface area contributed by atoms with Gasteiger partial charge in [0, 0.05) is 52.0 Å². The number of rotatable bonds is 5. The highest BCUT2D eigenvalue weighted by molar-refractivity contribution is 5.94. The number of nitrogens with zero attached hydrogens (tertiary/aromatic N) is 3. The summed E-state index contributed by atoms with van der Waals surface area (Å²) in [6.07, 6.45) is 0. The zero-order valence-electron chi connectivity index (χ0n) is 18.2. The summed E-state index contributed by atoms with van der Waals surface area (Å²) in [5.74, 6) is -0.971. The predicted octanol–water partition coefficient (Wildman–Crippen LogP) is 1.53. The van der Waals surface area contributed by atoms with Gasteiger partial charge in [0.2, 0.25) is 0 Å². The molecule has 32 heavy (non-hydrogen) atoms. The van der Waals surface area contributed by atoms with Crippen LogP contribution < -0.4 is 21.5 Å². The van der Waals surface area contributed by atoms with Crippen molar-refractivity contribution in [1.29, 1.82) is 0 Å².